The number of rotatable bonds is 5. The van der Waals surface area contributed by atoms with E-state index in [-0.39, 0.29) is 5.56 Å². The molecule has 1 aromatic carbocycles. The molecule has 2 heterocycles. The van der Waals surface area contributed by atoms with Crippen molar-refractivity contribution in [2.24, 2.45) is 0 Å². The van der Waals surface area contributed by atoms with Crippen molar-refractivity contribution in [1.29, 1.82) is 0 Å². The zero-order valence-electron chi connectivity index (χ0n) is 13.5. The van der Waals surface area contributed by atoms with Gasteiger partial charge in [-0.25, -0.2) is 4.98 Å². The smallest absolute Gasteiger partial charge is 0.261 e. The van der Waals surface area contributed by atoms with Crippen LogP contribution in [0.5, 0.6) is 0 Å². The van der Waals surface area contributed by atoms with Crippen molar-refractivity contribution in [2.45, 2.75) is 58.6 Å². The van der Waals surface area contributed by atoms with Crippen molar-refractivity contribution < 1.29 is 4.74 Å². The van der Waals surface area contributed by atoms with Gasteiger partial charge in [0.05, 0.1) is 23.3 Å². The Bertz CT molecular complexity index is 715. The lowest BCUT2D eigenvalue weighted by Crippen LogP contribution is -2.21. The molecule has 1 aromatic heterocycles. The van der Waals surface area contributed by atoms with Crippen molar-refractivity contribution in [3.8, 4) is 0 Å². The Morgan fingerprint density at radius 1 is 1.32 bits per heavy atom. The van der Waals surface area contributed by atoms with E-state index in [1.54, 1.807) is 10.9 Å². The fourth-order valence-corrected chi connectivity index (χ4v) is 3.31. The molecule has 1 saturated heterocycles. The van der Waals surface area contributed by atoms with Crippen LogP contribution in [-0.4, -0.2) is 22.3 Å². The maximum Gasteiger partial charge on any atom is 0.261 e. The van der Waals surface area contributed by atoms with E-state index < -0.39 is 0 Å². The van der Waals surface area contributed by atoms with Gasteiger partial charge in [0.25, 0.3) is 5.56 Å². The summed E-state index contributed by atoms with van der Waals surface area (Å²) in [4.78, 5) is 17.1. The van der Waals surface area contributed by atoms with Crippen molar-refractivity contribution >= 4 is 10.9 Å². The third-order valence-corrected chi connectivity index (χ3v) is 4.46. The van der Waals surface area contributed by atoms with Crippen LogP contribution in [-0.2, 0) is 11.3 Å². The fourth-order valence-electron chi connectivity index (χ4n) is 3.31. The van der Waals surface area contributed by atoms with Gasteiger partial charge in [0, 0.05) is 13.2 Å². The number of aromatic nitrogens is 2. The molecule has 0 unspecified atom stereocenters. The van der Waals surface area contributed by atoms with Crippen LogP contribution in [0.2, 0.25) is 0 Å². The lowest BCUT2D eigenvalue weighted by molar-refractivity contribution is 0.102. The standard InChI is InChI=1S/C18H24N2O2/c1-13-10-14(2)17-16(11-13)18(21)20(12-19-17)8-4-3-6-15-7-5-9-22-15/h10-12,15H,3-9H2,1-2H3/t15-/m1/s1. The van der Waals surface area contributed by atoms with Crippen LogP contribution in [0.25, 0.3) is 10.9 Å². The van der Waals surface area contributed by atoms with Gasteiger partial charge in [-0.3, -0.25) is 9.36 Å². The highest BCUT2D eigenvalue weighted by atomic mass is 16.5. The van der Waals surface area contributed by atoms with E-state index in [1.807, 2.05) is 19.9 Å². The number of nitrogens with zero attached hydrogens (tertiary/aromatic N) is 2. The molecular weight excluding hydrogens is 276 g/mol. The Labute approximate surface area is 131 Å². The zero-order valence-corrected chi connectivity index (χ0v) is 13.5. The first kappa shape index (κ1) is 15.2. The quantitative estimate of drug-likeness (QED) is 0.795. The minimum absolute atomic E-state index is 0.0777. The molecule has 2 aromatic rings. The zero-order chi connectivity index (χ0) is 15.5. The highest BCUT2D eigenvalue weighted by molar-refractivity contribution is 5.81. The molecule has 0 saturated carbocycles. The number of benzene rings is 1. The first-order chi connectivity index (χ1) is 10.6. The Morgan fingerprint density at radius 3 is 2.95 bits per heavy atom. The van der Waals surface area contributed by atoms with Gasteiger partial charge in [0.1, 0.15) is 0 Å². The predicted molar refractivity (Wildman–Crippen MR) is 88.3 cm³/mol. The molecule has 3 rings (SSSR count). The normalized spacial score (nSPS) is 18.2. The molecule has 1 aliphatic rings. The summed E-state index contributed by atoms with van der Waals surface area (Å²) in [5.74, 6) is 0. The van der Waals surface area contributed by atoms with Crippen molar-refractivity contribution in [2.75, 3.05) is 6.61 Å². The monoisotopic (exact) mass is 300 g/mol. The van der Waals surface area contributed by atoms with Crippen LogP contribution >= 0.6 is 0 Å². The van der Waals surface area contributed by atoms with Gasteiger partial charge in [-0.1, -0.05) is 6.07 Å². The number of fused-ring (bicyclic) bond motifs is 1. The van der Waals surface area contributed by atoms with E-state index in [0.717, 1.165) is 54.4 Å². The Balaban J connectivity index is 1.68. The molecule has 22 heavy (non-hydrogen) atoms. The molecule has 1 atom stereocenters. The summed E-state index contributed by atoms with van der Waals surface area (Å²) in [5, 5.41) is 0.735. The largest absolute Gasteiger partial charge is 0.378 e. The van der Waals surface area contributed by atoms with E-state index in [1.165, 1.54) is 12.8 Å². The van der Waals surface area contributed by atoms with Gasteiger partial charge in [0.15, 0.2) is 0 Å². The Hall–Kier alpha value is -1.68. The highest BCUT2D eigenvalue weighted by Gasteiger charge is 2.14. The molecule has 4 heteroatoms. The van der Waals surface area contributed by atoms with Gasteiger partial charge < -0.3 is 4.74 Å². The molecule has 0 aliphatic carbocycles. The van der Waals surface area contributed by atoms with Crippen LogP contribution in [0.15, 0.2) is 23.3 Å². The Morgan fingerprint density at radius 2 is 2.18 bits per heavy atom. The van der Waals surface area contributed by atoms with Gasteiger partial charge in [-0.05, 0) is 63.1 Å². The summed E-state index contributed by atoms with van der Waals surface area (Å²) in [7, 11) is 0. The second-order valence-electron chi connectivity index (χ2n) is 6.35. The minimum atomic E-state index is 0.0777. The summed E-state index contributed by atoms with van der Waals surface area (Å²) in [6.07, 6.45) is 7.72. The van der Waals surface area contributed by atoms with Crippen LogP contribution in [0.4, 0.5) is 0 Å². The number of ether oxygens (including phenoxy) is 1. The average molecular weight is 300 g/mol. The fraction of sp³-hybridized carbons (Fsp3) is 0.556. The molecule has 0 bridgehead atoms. The SMILES string of the molecule is Cc1cc(C)c2ncn(CCCC[C@@H]3CCCO3)c(=O)c2c1. The van der Waals surface area contributed by atoms with Crippen molar-refractivity contribution in [1.82, 2.24) is 9.55 Å². The average Bonchev–Trinajstić information content (AvgIpc) is 2.99. The maximum absolute atomic E-state index is 12.6. The maximum atomic E-state index is 12.6. The first-order valence-electron chi connectivity index (χ1n) is 8.23. The highest BCUT2D eigenvalue weighted by Crippen LogP contribution is 2.18. The third-order valence-electron chi connectivity index (χ3n) is 4.46. The second-order valence-corrected chi connectivity index (χ2v) is 6.35. The van der Waals surface area contributed by atoms with Crippen LogP contribution in [0, 0.1) is 13.8 Å². The molecule has 1 aliphatic heterocycles. The number of hydrogen-bond donors (Lipinski definition) is 0. The second kappa shape index (κ2) is 6.61. The molecule has 0 N–H and O–H groups in total. The summed E-state index contributed by atoms with van der Waals surface area (Å²) < 4.78 is 7.38. The van der Waals surface area contributed by atoms with Gasteiger partial charge in [0.2, 0.25) is 0 Å². The molecule has 1 fully saturated rings. The van der Waals surface area contributed by atoms with Crippen LogP contribution in [0.3, 0.4) is 0 Å². The van der Waals surface area contributed by atoms with E-state index >= 15 is 0 Å². The van der Waals surface area contributed by atoms with Crippen molar-refractivity contribution in [3.63, 3.8) is 0 Å². The van der Waals surface area contributed by atoms with Crippen molar-refractivity contribution in [3.05, 3.63) is 39.9 Å². The molecule has 4 nitrogen and oxygen atoms in total. The van der Waals surface area contributed by atoms with E-state index in [2.05, 4.69) is 11.1 Å². The third kappa shape index (κ3) is 3.22. The molecule has 0 radical (unpaired) electrons. The first-order valence-corrected chi connectivity index (χ1v) is 8.23. The molecule has 0 amide bonds. The predicted octanol–water partition coefficient (Wildman–Crippen LogP) is 3.36. The lowest BCUT2D eigenvalue weighted by Gasteiger charge is -2.10. The molecular formula is C18H24N2O2. The van der Waals surface area contributed by atoms with Gasteiger partial charge in [-0.15, -0.1) is 0 Å². The van der Waals surface area contributed by atoms with Crippen LogP contribution in [0.1, 0.15) is 43.2 Å². The lowest BCUT2D eigenvalue weighted by atomic mass is 10.1. The summed E-state index contributed by atoms with van der Waals surface area (Å²) in [6, 6.07) is 4.02. The number of unbranched alkanes of at least 4 members (excludes halogenated alkanes) is 1. The number of aryl methyl sites for hydroxylation is 3. The minimum Gasteiger partial charge on any atom is -0.378 e. The Kier molecular flexibility index (Phi) is 4.57. The summed E-state index contributed by atoms with van der Waals surface area (Å²) in [6.45, 7) is 5.68. The van der Waals surface area contributed by atoms with Gasteiger partial charge in [-0.2, -0.15) is 0 Å². The molecule has 118 valence electrons. The van der Waals surface area contributed by atoms with Gasteiger partial charge >= 0.3 is 0 Å². The summed E-state index contributed by atoms with van der Waals surface area (Å²) in [5.41, 5.74) is 3.08. The van der Waals surface area contributed by atoms with E-state index in [0.29, 0.717) is 6.10 Å². The van der Waals surface area contributed by atoms with E-state index in [4.69, 9.17) is 4.74 Å². The van der Waals surface area contributed by atoms with E-state index in [9.17, 15) is 4.79 Å². The topological polar surface area (TPSA) is 44.1 Å². The number of hydrogen-bond acceptors (Lipinski definition) is 3. The molecule has 0 spiro atoms. The van der Waals surface area contributed by atoms with Crippen LogP contribution < -0.4 is 5.56 Å². The summed E-state index contributed by atoms with van der Waals surface area (Å²) >= 11 is 0.